The quantitative estimate of drug-likeness (QED) is 0.727. The third-order valence-corrected chi connectivity index (χ3v) is 2.51. The lowest BCUT2D eigenvalue weighted by atomic mass is 10.1. The second-order valence-electron chi connectivity index (χ2n) is 3.91. The molecule has 0 radical (unpaired) electrons. The van der Waals surface area contributed by atoms with Crippen LogP contribution in [0.3, 0.4) is 0 Å². The summed E-state index contributed by atoms with van der Waals surface area (Å²) in [7, 11) is 0. The molecule has 1 aromatic carbocycles. The lowest BCUT2D eigenvalue weighted by Crippen LogP contribution is -2.23. The van der Waals surface area contributed by atoms with Crippen molar-refractivity contribution in [2.75, 3.05) is 6.61 Å². The van der Waals surface area contributed by atoms with Crippen molar-refractivity contribution in [1.29, 1.82) is 0 Å². The van der Waals surface area contributed by atoms with E-state index >= 15 is 0 Å². The van der Waals surface area contributed by atoms with Gasteiger partial charge in [-0.05, 0) is 32.3 Å². The van der Waals surface area contributed by atoms with Crippen LogP contribution in [0.4, 0.5) is 0 Å². The Morgan fingerprint density at radius 3 is 2.47 bits per heavy atom. The van der Waals surface area contributed by atoms with Crippen LogP contribution in [0.1, 0.15) is 25.8 Å². The van der Waals surface area contributed by atoms with E-state index in [0.717, 1.165) is 12.8 Å². The van der Waals surface area contributed by atoms with Gasteiger partial charge < -0.3 is 9.84 Å². The van der Waals surface area contributed by atoms with Crippen LogP contribution in [0.2, 0.25) is 0 Å². The molecule has 0 aliphatic heterocycles. The molecule has 2 heteroatoms. The molecule has 0 aliphatic carbocycles. The highest BCUT2D eigenvalue weighted by Gasteiger charge is 2.07. The van der Waals surface area contributed by atoms with Gasteiger partial charge in [0.15, 0.2) is 0 Å². The maximum Gasteiger partial charge on any atom is 0.0803 e. The molecule has 0 unspecified atom stereocenters. The van der Waals surface area contributed by atoms with Gasteiger partial charge in [0.2, 0.25) is 0 Å². The Labute approximate surface area is 91.9 Å². The number of hydrogen-bond donors (Lipinski definition) is 1. The van der Waals surface area contributed by atoms with Crippen LogP contribution in [0.15, 0.2) is 30.3 Å². The van der Waals surface area contributed by atoms with Crippen molar-refractivity contribution in [2.45, 2.75) is 38.9 Å². The molecular weight excluding hydrogens is 188 g/mol. The molecule has 0 fully saturated rings. The Morgan fingerprint density at radius 1 is 1.20 bits per heavy atom. The normalized spacial score (nSPS) is 14.9. The molecule has 1 rings (SSSR count). The van der Waals surface area contributed by atoms with E-state index in [0.29, 0.717) is 6.61 Å². The lowest BCUT2D eigenvalue weighted by molar-refractivity contribution is -0.0187. The number of hydrogen-bond acceptors (Lipinski definition) is 2. The summed E-state index contributed by atoms with van der Waals surface area (Å²) in [4.78, 5) is 0. The minimum absolute atomic E-state index is 0.0687. The molecule has 2 atom stereocenters. The molecule has 0 spiro atoms. The first kappa shape index (κ1) is 12.2. The van der Waals surface area contributed by atoms with E-state index in [2.05, 4.69) is 24.3 Å². The highest BCUT2D eigenvalue weighted by Crippen LogP contribution is 2.04. The second-order valence-corrected chi connectivity index (χ2v) is 3.91. The smallest absolute Gasteiger partial charge is 0.0803 e. The van der Waals surface area contributed by atoms with Gasteiger partial charge in [0.05, 0.1) is 12.2 Å². The number of aliphatic hydroxyl groups is 1. The molecule has 0 saturated carbocycles. The first-order chi connectivity index (χ1) is 7.20. The average Bonchev–Trinajstić information content (AvgIpc) is 2.25. The Hall–Kier alpha value is -0.860. The standard InChI is InChI=1S/C13H20O2/c1-11(14)12(2)15-10-6-9-13-7-4-3-5-8-13/h3-5,7-8,11-12,14H,6,9-10H2,1-2H3/t11-,12-/m0/s1. The predicted molar refractivity (Wildman–Crippen MR) is 61.9 cm³/mol. The molecule has 0 saturated heterocycles. The van der Waals surface area contributed by atoms with Crippen molar-refractivity contribution in [3.63, 3.8) is 0 Å². The molecule has 0 heterocycles. The van der Waals surface area contributed by atoms with E-state index in [-0.39, 0.29) is 12.2 Å². The van der Waals surface area contributed by atoms with Crippen LogP contribution in [-0.4, -0.2) is 23.9 Å². The third-order valence-electron chi connectivity index (χ3n) is 2.51. The molecule has 84 valence electrons. The number of rotatable bonds is 6. The molecule has 15 heavy (non-hydrogen) atoms. The predicted octanol–water partition coefficient (Wildman–Crippen LogP) is 2.41. The van der Waals surface area contributed by atoms with E-state index < -0.39 is 0 Å². The topological polar surface area (TPSA) is 29.5 Å². The van der Waals surface area contributed by atoms with Crippen molar-refractivity contribution in [3.8, 4) is 0 Å². The number of aliphatic hydroxyl groups excluding tert-OH is 1. The van der Waals surface area contributed by atoms with Crippen LogP contribution in [-0.2, 0) is 11.2 Å². The summed E-state index contributed by atoms with van der Waals surface area (Å²) in [5.74, 6) is 0. The number of ether oxygens (including phenoxy) is 1. The first-order valence-corrected chi connectivity index (χ1v) is 5.53. The molecule has 0 aliphatic rings. The van der Waals surface area contributed by atoms with Crippen LogP contribution >= 0.6 is 0 Å². The summed E-state index contributed by atoms with van der Waals surface area (Å²) in [5, 5.41) is 9.21. The van der Waals surface area contributed by atoms with E-state index in [1.54, 1.807) is 6.92 Å². The minimum Gasteiger partial charge on any atom is -0.391 e. The van der Waals surface area contributed by atoms with Gasteiger partial charge in [0.1, 0.15) is 0 Å². The van der Waals surface area contributed by atoms with Crippen LogP contribution in [0.25, 0.3) is 0 Å². The SMILES string of the molecule is C[C@H](O)[C@H](C)OCCCc1ccccc1. The van der Waals surface area contributed by atoms with Crippen molar-refractivity contribution in [1.82, 2.24) is 0 Å². The second kappa shape index (κ2) is 6.59. The molecule has 0 amide bonds. The zero-order chi connectivity index (χ0) is 11.1. The zero-order valence-electron chi connectivity index (χ0n) is 9.52. The zero-order valence-corrected chi connectivity index (χ0v) is 9.52. The highest BCUT2D eigenvalue weighted by molar-refractivity contribution is 5.14. The van der Waals surface area contributed by atoms with Crippen molar-refractivity contribution >= 4 is 0 Å². The van der Waals surface area contributed by atoms with E-state index in [9.17, 15) is 5.11 Å². The monoisotopic (exact) mass is 208 g/mol. The fraction of sp³-hybridized carbons (Fsp3) is 0.538. The first-order valence-electron chi connectivity index (χ1n) is 5.53. The molecule has 2 nitrogen and oxygen atoms in total. The van der Waals surface area contributed by atoms with Gasteiger partial charge >= 0.3 is 0 Å². The summed E-state index contributed by atoms with van der Waals surface area (Å²) < 4.78 is 5.48. The Bertz CT molecular complexity index is 256. The van der Waals surface area contributed by atoms with Gasteiger partial charge in [0, 0.05) is 6.61 Å². The summed E-state index contributed by atoms with van der Waals surface area (Å²) in [6, 6.07) is 10.4. The lowest BCUT2D eigenvalue weighted by Gasteiger charge is -2.15. The molecule has 1 N–H and O–H groups in total. The number of benzene rings is 1. The van der Waals surface area contributed by atoms with Crippen molar-refractivity contribution in [3.05, 3.63) is 35.9 Å². The molecule has 0 aromatic heterocycles. The largest absolute Gasteiger partial charge is 0.391 e. The Morgan fingerprint density at radius 2 is 1.87 bits per heavy atom. The van der Waals surface area contributed by atoms with E-state index in [1.807, 2.05) is 13.0 Å². The Kier molecular flexibility index (Phi) is 5.37. The van der Waals surface area contributed by atoms with Crippen LogP contribution in [0.5, 0.6) is 0 Å². The van der Waals surface area contributed by atoms with Crippen molar-refractivity contribution in [2.24, 2.45) is 0 Å². The van der Waals surface area contributed by atoms with Gasteiger partial charge in [-0.1, -0.05) is 30.3 Å². The fourth-order valence-corrected chi connectivity index (χ4v) is 1.33. The van der Waals surface area contributed by atoms with Crippen molar-refractivity contribution < 1.29 is 9.84 Å². The van der Waals surface area contributed by atoms with Gasteiger partial charge in [0.25, 0.3) is 0 Å². The summed E-state index contributed by atoms with van der Waals surface area (Å²) >= 11 is 0. The third kappa shape index (κ3) is 4.96. The van der Waals surface area contributed by atoms with E-state index in [1.165, 1.54) is 5.56 Å². The maximum absolute atomic E-state index is 9.21. The fourth-order valence-electron chi connectivity index (χ4n) is 1.33. The summed E-state index contributed by atoms with van der Waals surface area (Å²) in [6.07, 6.45) is 1.58. The maximum atomic E-state index is 9.21. The highest BCUT2D eigenvalue weighted by atomic mass is 16.5. The average molecular weight is 208 g/mol. The van der Waals surface area contributed by atoms with Crippen LogP contribution < -0.4 is 0 Å². The molecule has 0 bridgehead atoms. The molecule has 1 aromatic rings. The van der Waals surface area contributed by atoms with Gasteiger partial charge in [-0.15, -0.1) is 0 Å². The van der Waals surface area contributed by atoms with Gasteiger partial charge in [-0.25, -0.2) is 0 Å². The molecular formula is C13H20O2. The Balaban J connectivity index is 2.12. The number of aryl methyl sites for hydroxylation is 1. The van der Waals surface area contributed by atoms with Gasteiger partial charge in [-0.3, -0.25) is 0 Å². The van der Waals surface area contributed by atoms with Crippen LogP contribution in [0, 0.1) is 0 Å². The van der Waals surface area contributed by atoms with E-state index in [4.69, 9.17) is 4.74 Å². The minimum atomic E-state index is -0.387. The van der Waals surface area contributed by atoms with Gasteiger partial charge in [-0.2, -0.15) is 0 Å². The summed E-state index contributed by atoms with van der Waals surface area (Å²) in [5.41, 5.74) is 1.34. The summed E-state index contributed by atoms with van der Waals surface area (Å²) in [6.45, 7) is 4.36.